The summed E-state index contributed by atoms with van der Waals surface area (Å²) in [5.74, 6) is 0.982. The molecule has 0 bridgehead atoms. The third-order valence-corrected chi connectivity index (χ3v) is 7.06. The molecule has 6 nitrogen and oxygen atoms in total. The van der Waals surface area contributed by atoms with Gasteiger partial charge in [-0.15, -0.1) is 11.3 Å². The fraction of sp³-hybridized carbons (Fsp3) is 0.667. The Morgan fingerprint density at radius 1 is 1.19 bits per heavy atom. The summed E-state index contributed by atoms with van der Waals surface area (Å²) in [7, 11) is -3.40. The third-order valence-electron chi connectivity index (χ3n) is 5.29. The van der Waals surface area contributed by atoms with Crippen molar-refractivity contribution in [3.05, 3.63) is 16.8 Å². The second-order valence-electron chi connectivity index (χ2n) is 7.23. The van der Waals surface area contributed by atoms with Crippen LogP contribution in [-0.4, -0.2) is 37.4 Å². The van der Waals surface area contributed by atoms with Gasteiger partial charge in [0.25, 0.3) is 10.1 Å². The minimum Gasteiger partial charge on any atom is -0.474 e. The van der Waals surface area contributed by atoms with Crippen LogP contribution in [-0.2, 0) is 20.7 Å². The first kappa shape index (κ1) is 18.1. The Morgan fingerprint density at radius 2 is 2.00 bits per heavy atom. The van der Waals surface area contributed by atoms with Gasteiger partial charge < -0.3 is 4.74 Å². The molecule has 0 spiro atoms. The van der Waals surface area contributed by atoms with E-state index >= 15 is 0 Å². The molecule has 0 radical (unpaired) electrons. The predicted octanol–water partition coefficient (Wildman–Crippen LogP) is 3.80. The van der Waals surface area contributed by atoms with Crippen LogP contribution in [0.4, 0.5) is 0 Å². The van der Waals surface area contributed by atoms with Gasteiger partial charge >= 0.3 is 0 Å². The number of hydrogen-bond donors (Lipinski definition) is 0. The average Bonchev–Trinajstić information content (AvgIpc) is 3.15. The molecule has 26 heavy (non-hydrogen) atoms. The summed E-state index contributed by atoms with van der Waals surface area (Å²) in [6, 6.07) is 0. The monoisotopic (exact) mass is 396 g/mol. The van der Waals surface area contributed by atoms with Crippen LogP contribution in [0.5, 0.6) is 5.88 Å². The van der Waals surface area contributed by atoms with Gasteiger partial charge in [-0.25, -0.2) is 9.97 Å². The number of aromatic nitrogens is 2. The Balaban J connectivity index is 1.59. The maximum absolute atomic E-state index is 11.2. The van der Waals surface area contributed by atoms with Crippen LogP contribution in [0, 0.1) is 0 Å². The maximum Gasteiger partial charge on any atom is 0.264 e. The molecule has 1 atom stereocenters. The van der Waals surface area contributed by atoms with E-state index in [2.05, 4.69) is 9.97 Å². The Morgan fingerprint density at radius 3 is 2.77 bits per heavy atom. The van der Waals surface area contributed by atoms with Crippen molar-refractivity contribution in [2.75, 3.05) is 12.9 Å². The topological polar surface area (TPSA) is 78.4 Å². The second-order valence-corrected chi connectivity index (χ2v) is 9.95. The largest absolute Gasteiger partial charge is 0.474 e. The van der Waals surface area contributed by atoms with Crippen LogP contribution in [0.25, 0.3) is 10.2 Å². The molecule has 0 N–H and O–H groups in total. The fourth-order valence-corrected chi connectivity index (χ4v) is 5.73. The molecule has 142 valence electrons. The summed E-state index contributed by atoms with van der Waals surface area (Å²) in [6.45, 7) is 0.215. The molecule has 1 fully saturated rings. The van der Waals surface area contributed by atoms with Gasteiger partial charge in [-0.2, -0.15) is 8.42 Å². The van der Waals surface area contributed by atoms with E-state index in [1.807, 2.05) is 0 Å². The standard InChI is InChI=1S/C18H24N2O4S2/c1-26(21,22)23-10-9-12-7-8-14-15(12)16-17(19-11-20-18(16)25-14)24-13-5-3-2-4-6-13/h11-13H,2-10H2,1H3/t12-/m1/s1. The van der Waals surface area contributed by atoms with Gasteiger partial charge in [-0.1, -0.05) is 6.42 Å². The lowest BCUT2D eigenvalue weighted by molar-refractivity contribution is 0.150. The Labute approximate surface area is 158 Å². The summed E-state index contributed by atoms with van der Waals surface area (Å²) in [5.41, 5.74) is 1.26. The Kier molecular flexibility index (Phi) is 5.16. The summed E-state index contributed by atoms with van der Waals surface area (Å²) < 4.78 is 33.7. The van der Waals surface area contributed by atoms with Crippen molar-refractivity contribution in [1.29, 1.82) is 0 Å². The summed E-state index contributed by atoms with van der Waals surface area (Å²) in [4.78, 5) is 11.2. The highest BCUT2D eigenvalue weighted by Crippen LogP contribution is 2.47. The molecule has 4 rings (SSSR count). The van der Waals surface area contributed by atoms with E-state index in [4.69, 9.17) is 8.92 Å². The lowest BCUT2D eigenvalue weighted by Crippen LogP contribution is -2.20. The summed E-state index contributed by atoms with van der Waals surface area (Å²) >= 11 is 1.72. The zero-order valence-corrected chi connectivity index (χ0v) is 16.6. The van der Waals surface area contributed by atoms with Crippen molar-refractivity contribution in [2.45, 2.75) is 63.4 Å². The molecule has 0 aliphatic heterocycles. The van der Waals surface area contributed by atoms with Crippen LogP contribution in [0.15, 0.2) is 6.33 Å². The lowest BCUT2D eigenvalue weighted by Gasteiger charge is -2.23. The van der Waals surface area contributed by atoms with Crippen LogP contribution >= 0.6 is 11.3 Å². The molecule has 0 amide bonds. The van der Waals surface area contributed by atoms with E-state index in [1.165, 1.54) is 29.7 Å². The molecular weight excluding hydrogens is 372 g/mol. The van der Waals surface area contributed by atoms with Crippen LogP contribution in [0.3, 0.4) is 0 Å². The smallest absolute Gasteiger partial charge is 0.264 e. The molecule has 0 unspecified atom stereocenters. The van der Waals surface area contributed by atoms with Crippen molar-refractivity contribution in [1.82, 2.24) is 9.97 Å². The van der Waals surface area contributed by atoms with Gasteiger partial charge in [0.15, 0.2) is 0 Å². The first-order valence-corrected chi connectivity index (χ1v) is 11.9. The number of thiophene rings is 1. The highest BCUT2D eigenvalue weighted by atomic mass is 32.2. The minimum atomic E-state index is -3.40. The van der Waals surface area contributed by atoms with Crippen molar-refractivity contribution < 1.29 is 17.3 Å². The van der Waals surface area contributed by atoms with Gasteiger partial charge in [-0.05, 0) is 56.4 Å². The highest BCUT2D eigenvalue weighted by Gasteiger charge is 2.30. The summed E-state index contributed by atoms with van der Waals surface area (Å²) in [5, 5.41) is 1.04. The highest BCUT2D eigenvalue weighted by molar-refractivity contribution is 7.85. The number of rotatable bonds is 6. The number of hydrogen-bond acceptors (Lipinski definition) is 7. The first-order chi connectivity index (χ1) is 12.5. The SMILES string of the molecule is CS(=O)(=O)OCC[C@H]1CCc2sc3ncnc(OC4CCCCC4)c3c21. The minimum absolute atomic E-state index is 0.215. The fourth-order valence-electron chi connectivity index (χ4n) is 4.10. The molecule has 8 heteroatoms. The Bertz CT molecular complexity index is 888. The van der Waals surface area contributed by atoms with E-state index in [0.717, 1.165) is 42.2 Å². The van der Waals surface area contributed by atoms with E-state index in [-0.39, 0.29) is 18.6 Å². The lowest BCUT2D eigenvalue weighted by atomic mass is 9.97. The van der Waals surface area contributed by atoms with E-state index < -0.39 is 10.1 Å². The zero-order chi connectivity index (χ0) is 18.1. The number of fused-ring (bicyclic) bond motifs is 3. The molecule has 2 aliphatic rings. The van der Waals surface area contributed by atoms with Crippen LogP contribution < -0.4 is 4.74 Å². The van der Waals surface area contributed by atoms with Gasteiger partial charge in [0, 0.05) is 4.88 Å². The van der Waals surface area contributed by atoms with Crippen molar-refractivity contribution in [3.63, 3.8) is 0 Å². The van der Waals surface area contributed by atoms with Crippen LogP contribution in [0.2, 0.25) is 0 Å². The van der Waals surface area contributed by atoms with E-state index in [1.54, 1.807) is 17.7 Å². The molecule has 0 saturated heterocycles. The normalized spacial score (nSPS) is 21.2. The maximum atomic E-state index is 11.2. The molecular formula is C18H24N2O4S2. The number of ether oxygens (including phenoxy) is 1. The van der Waals surface area contributed by atoms with E-state index in [0.29, 0.717) is 12.3 Å². The number of aryl methyl sites for hydroxylation is 1. The molecule has 2 aromatic heterocycles. The van der Waals surface area contributed by atoms with Crippen LogP contribution in [0.1, 0.15) is 61.3 Å². The van der Waals surface area contributed by atoms with E-state index in [9.17, 15) is 8.42 Å². The van der Waals surface area contributed by atoms with Gasteiger partial charge in [-0.3, -0.25) is 4.18 Å². The van der Waals surface area contributed by atoms with Crippen molar-refractivity contribution in [3.8, 4) is 5.88 Å². The third kappa shape index (κ3) is 3.87. The molecule has 2 aliphatic carbocycles. The first-order valence-electron chi connectivity index (χ1n) is 9.28. The molecule has 0 aromatic carbocycles. The number of nitrogens with zero attached hydrogens (tertiary/aromatic N) is 2. The molecule has 1 saturated carbocycles. The van der Waals surface area contributed by atoms with Gasteiger partial charge in [0.2, 0.25) is 5.88 Å². The van der Waals surface area contributed by atoms with Crippen molar-refractivity contribution >= 4 is 31.7 Å². The zero-order valence-electron chi connectivity index (χ0n) is 14.9. The van der Waals surface area contributed by atoms with Gasteiger partial charge in [0.1, 0.15) is 17.3 Å². The van der Waals surface area contributed by atoms with Crippen molar-refractivity contribution in [2.24, 2.45) is 0 Å². The Hall–Kier alpha value is -1.25. The molecule has 2 aromatic rings. The van der Waals surface area contributed by atoms with Gasteiger partial charge in [0.05, 0.1) is 18.2 Å². The second kappa shape index (κ2) is 7.40. The quantitative estimate of drug-likeness (QED) is 0.691. The molecule has 2 heterocycles. The predicted molar refractivity (Wildman–Crippen MR) is 101 cm³/mol. The summed E-state index contributed by atoms with van der Waals surface area (Å²) in [6.07, 6.45) is 11.5. The average molecular weight is 397 g/mol.